The Labute approximate surface area is 101 Å². The van der Waals surface area contributed by atoms with E-state index in [1.807, 2.05) is 24.0 Å². The SMILES string of the molecule is Cc1ccc(C(=O)N2CC[C@@H]3CNC[C@@H]32)cn1. The highest BCUT2D eigenvalue weighted by Gasteiger charge is 2.40. The summed E-state index contributed by atoms with van der Waals surface area (Å²) in [5.74, 6) is 0.783. The summed E-state index contributed by atoms with van der Waals surface area (Å²) in [5.41, 5.74) is 1.66. The smallest absolute Gasteiger partial charge is 0.255 e. The zero-order valence-electron chi connectivity index (χ0n) is 10.0. The molecule has 1 N–H and O–H groups in total. The van der Waals surface area contributed by atoms with Crippen LogP contribution in [0.1, 0.15) is 22.5 Å². The molecule has 3 rings (SSSR count). The van der Waals surface area contributed by atoms with Crippen LogP contribution in [-0.2, 0) is 0 Å². The lowest BCUT2D eigenvalue weighted by Crippen LogP contribution is -2.39. The third kappa shape index (κ3) is 1.82. The van der Waals surface area contributed by atoms with Gasteiger partial charge in [-0.15, -0.1) is 0 Å². The van der Waals surface area contributed by atoms with Crippen LogP contribution in [0.15, 0.2) is 18.3 Å². The number of aryl methyl sites for hydroxylation is 1. The molecule has 0 spiro atoms. The fraction of sp³-hybridized carbons (Fsp3) is 0.538. The molecule has 0 unspecified atom stereocenters. The summed E-state index contributed by atoms with van der Waals surface area (Å²) in [6, 6.07) is 4.16. The minimum absolute atomic E-state index is 0.133. The molecule has 3 heterocycles. The molecule has 1 amide bonds. The number of carbonyl (C=O) groups is 1. The van der Waals surface area contributed by atoms with Gasteiger partial charge >= 0.3 is 0 Å². The van der Waals surface area contributed by atoms with E-state index in [1.54, 1.807) is 6.20 Å². The molecule has 4 heteroatoms. The van der Waals surface area contributed by atoms with Crippen LogP contribution in [0, 0.1) is 12.8 Å². The molecule has 2 atom stereocenters. The van der Waals surface area contributed by atoms with Crippen LogP contribution in [0.2, 0.25) is 0 Å². The standard InChI is InChI=1S/C13H17N3O/c1-9-2-3-11(7-15-9)13(17)16-5-4-10-6-14-8-12(10)16/h2-3,7,10,12,14H,4-6,8H2,1H3/t10-,12+/m1/s1. The Kier molecular flexibility index (Phi) is 2.59. The molecule has 1 aromatic rings. The van der Waals surface area contributed by atoms with E-state index in [0.717, 1.165) is 31.7 Å². The molecule has 0 bridgehead atoms. The first-order chi connectivity index (χ1) is 8.25. The number of carbonyl (C=O) groups excluding carboxylic acids is 1. The van der Waals surface area contributed by atoms with E-state index in [0.29, 0.717) is 17.5 Å². The summed E-state index contributed by atoms with van der Waals surface area (Å²) in [6.45, 7) is 4.82. The maximum absolute atomic E-state index is 12.4. The first kappa shape index (κ1) is 10.7. The Morgan fingerprint density at radius 3 is 3.12 bits per heavy atom. The lowest BCUT2D eigenvalue weighted by molar-refractivity contribution is 0.0736. The van der Waals surface area contributed by atoms with Crippen molar-refractivity contribution >= 4 is 5.91 Å². The number of aromatic nitrogens is 1. The first-order valence-electron chi connectivity index (χ1n) is 6.20. The predicted molar refractivity (Wildman–Crippen MR) is 64.8 cm³/mol. The molecular formula is C13H17N3O. The summed E-state index contributed by atoms with van der Waals surface area (Å²) in [5, 5.41) is 3.36. The molecule has 2 aliphatic rings. The van der Waals surface area contributed by atoms with E-state index >= 15 is 0 Å². The number of fused-ring (bicyclic) bond motifs is 1. The van der Waals surface area contributed by atoms with Crippen molar-refractivity contribution in [2.24, 2.45) is 5.92 Å². The fourth-order valence-electron chi connectivity index (χ4n) is 2.86. The van der Waals surface area contributed by atoms with Gasteiger partial charge in [-0.25, -0.2) is 0 Å². The zero-order chi connectivity index (χ0) is 11.8. The van der Waals surface area contributed by atoms with Crippen molar-refractivity contribution in [1.29, 1.82) is 0 Å². The number of likely N-dealkylation sites (tertiary alicyclic amines) is 1. The van der Waals surface area contributed by atoms with Gasteiger partial charge < -0.3 is 10.2 Å². The molecule has 0 radical (unpaired) electrons. The van der Waals surface area contributed by atoms with E-state index in [1.165, 1.54) is 0 Å². The molecule has 1 aromatic heterocycles. The van der Waals surface area contributed by atoms with Gasteiger partial charge in [-0.05, 0) is 31.4 Å². The van der Waals surface area contributed by atoms with Gasteiger partial charge in [0.05, 0.1) is 5.56 Å². The largest absolute Gasteiger partial charge is 0.334 e. The third-order valence-electron chi connectivity index (χ3n) is 3.86. The molecule has 0 saturated carbocycles. The Hall–Kier alpha value is -1.42. The zero-order valence-corrected chi connectivity index (χ0v) is 10.0. The molecule has 90 valence electrons. The number of hydrogen-bond acceptors (Lipinski definition) is 3. The van der Waals surface area contributed by atoms with E-state index in [2.05, 4.69) is 10.3 Å². The van der Waals surface area contributed by atoms with E-state index in [-0.39, 0.29) is 5.91 Å². The summed E-state index contributed by atoms with van der Waals surface area (Å²) in [4.78, 5) is 18.6. The Bertz CT molecular complexity index is 429. The number of pyridine rings is 1. The average molecular weight is 231 g/mol. The van der Waals surface area contributed by atoms with Crippen LogP contribution in [0.4, 0.5) is 0 Å². The lowest BCUT2D eigenvalue weighted by atomic mass is 10.0. The van der Waals surface area contributed by atoms with Crippen LogP contribution in [-0.4, -0.2) is 41.5 Å². The van der Waals surface area contributed by atoms with Crippen LogP contribution < -0.4 is 5.32 Å². The van der Waals surface area contributed by atoms with Gasteiger partial charge in [0.1, 0.15) is 0 Å². The average Bonchev–Trinajstić information content (AvgIpc) is 2.90. The normalized spacial score (nSPS) is 27.2. The van der Waals surface area contributed by atoms with Crippen LogP contribution in [0.3, 0.4) is 0 Å². The van der Waals surface area contributed by atoms with E-state index in [9.17, 15) is 4.79 Å². The van der Waals surface area contributed by atoms with Gasteiger partial charge in [0.15, 0.2) is 0 Å². The molecule has 2 aliphatic heterocycles. The van der Waals surface area contributed by atoms with Crippen molar-refractivity contribution in [2.45, 2.75) is 19.4 Å². The predicted octanol–water partition coefficient (Wildman–Crippen LogP) is 0.824. The van der Waals surface area contributed by atoms with E-state index in [4.69, 9.17) is 0 Å². The number of nitrogens with one attached hydrogen (secondary N) is 1. The van der Waals surface area contributed by atoms with Crippen molar-refractivity contribution in [2.75, 3.05) is 19.6 Å². The van der Waals surface area contributed by atoms with Gasteiger partial charge in [-0.1, -0.05) is 0 Å². The number of rotatable bonds is 1. The molecular weight excluding hydrogens is 214 g/mol. The topological polar surface area (TPSA) is 45.2 Å². The highest BCUT2D eigenvalue weighted by atomic mass is 16.2. The molecule has 4 nitrogen and oxygen atoms in total. The van der Waals surface area contributed by atoms with Crippen LogP contribution in [0.25, 0.3) is 0 Å². The van der Waals surface area contributed by atoms with Crippen LogP contribution in [0.5, 0.6) is 0 Å². The van der Waals surface area contributed by atoms with Crippen LogP contribution >= 0.6 is 0 Å². The van der Waals surface area contributed by atoms with Crippen molar-refractivity contribution in [3.63, 3.8) is 0 Å². The Morgan fingerprint density at radius 1 is 1.47 bits per heavy atom. The molecule has 2 saturated heterocycles. The van der Waals surface area contributed by atoms with Crippen molar-refractivity contribution in [3.8, 4) is 0 Å². The van der Waals surface area contributed by atoms with E-state index < -0.39 is 0 Å². The summed E-state index contributed by atoms with van der Waals surface area (Å²) < 4.78 is 0. The summed E-state index contributed by atoms with van der Waals surface area (Å²) in [6.07, 6.45) is 2.82. The van der Waals surface area contributed by atoms with Gasteiger partial charge in [0, 0.05) is 37.6 Å². The second kappa shape index (κ2) is 4.11. The number of amides is 1. The van der Waals surface area contributed by atoms with Gasteiger partial charge in [0.2, 0.25) is 0 Å². The monoisotopic (exact) mass is 231 g/mol. The van der Waals surface area contributed by atoms with Gasteiger partial charge in [-0.3, -0.25) is 9.78 Å². The summed E-state index contributed by atoms with van der Waals surface area (Å²) >= 11 is 0. The second-order valence-electron chi connectivity index (χ2n) is 4.96. The van der Waals surface area contributed by atoms with Gasteiger partial charge in [-0.2, -0.15) is 0 Å². The highest BCUT2D eigenvalue weighted by molar-refractivity contribution is 5.94. The minimum Gasteiger partial charge on any atom is -0.334 e. The van der Waals surface area contributed by atoms with Crippen molar-refractivity contribution in [3.05, 3.63) is 29.6 Å². The summed E-state index contributed by atoms with van der Waals surface area (Å²) in [7, 11) is 0. The molecule has 0 aromatic carbocycles. The van der Waals surface area contributed by atoms with Gasteiger partial charge in [0.25, 0.3) is 5.91 Å². The molecule has 2 fully saturated rings. The Balaban J connectivity index is 1.80. The minimum atomic E-state index is 0.133. The lowest BCUT2D eigenvalue weighted by Gasteiger charge is -2.23. The first-order valence-corrected chi connectivity index (χ1v) is 6.20. The van der Waals surface area contributed by atoms with Crippen molar-refractivity contribution < 1.29 is 4.79 Å². The number of hydrogen-bond donors (Lipinski definition) is 1. The Morgan fingerprint density at radius 2 is 2.35 bits per heavy atom. The molecule has 17 heavy (non-hydrogen) atoms. The third-order valence-corrected chi connectivity index (χ3v) is 3.86. The fourth-order valence-corrected chi connectivity index (χ4v) is 2.86. The van der Waals surface area contributed by atoms with Crippen molar-refractivity contribution in [1.82, 2.24) is 15.2 Å². The molecule has 0 aliphatic carbocycles. The number of nitrogens with zero attached hydrogens (tertiary/aromatic N) is 2. The quantitative estimate of drug-likeness (QED) is 0.778. The second-order valence-corrected chi connectivity index (χ2v) is 4.96. The highest BCUT2D eigenvalue weighted by Crippen LogP contribution is 2.28. The maximum Gasteiger partial charge on any atom is 0.255 e. The maximum atomic E-state index is 12.4.